The van der Waals surface area contributed by atoms with E-state index in [1.54, 1.807) is 18.2 Å². The van der Waals surface area contributed by atoms with Crippen molar-refractivity contribution >= 4 is 22.8 Å². The molecule has 2 rings (SSSR count). The standard InChI is InChI=1S/C11H13N5O2/c1-7(17)16(5-4-12)11(18)8-2-3-9-10(6-8)14-15-13-9/h2-3,6H,4-5,12H2,1H3,(H,13,14,15). The summed E-state index contributed by atoms with van der Waals surface area (Å²) in [5, 5.41) is 10.3. The number of benzene rings is 1. The minimum atomic E-state index is -0.377. The van der Waals surface area contributed by atoms with Crippen LogP contribution in [0.1, 0.15) is 17.3 Å². The van der Waals surface area contributed by atoms with Crippen LogP contribution >= 0.6 is 0 Å². The second kappa shape index (κ2) is 4.92. The molecule has 0 saturated carbocycles. The third-order valence-electron chi connectivity index (χ3n) is 2.54. The van der Waals surface area contributed by atoms with Gasteiger partial charge in [-0.2, -0.15) is 15.4 Å². The Balaban J connectivity index is 2.33. The third kappa shape index (κ3) is 2.21. The second-order valence-corrected chi connectivity index (χ2v) is 3.79. The fourth-order valence-corrected chi connectivity index (χ4v) is 1.66. The number of aromatic amines is 1. The molecule has 7 heteroatoms. The first-order valence-electron chi connectivity index (χ1n) is 5.46. The Hall–Kier alpha value is -2.28. The molecular formula is C11H13N5O2. The maximum atomic E-state index is 12.1. The van der Waals surface area contributed by atoms with E-state index in [1.807, 2.05) is 0 Å². The van der Waals surface area contributed by atoms with E-state index < -0.39 is 0 Å². The van der Waals surface area contributed by atoms with Gasteiger partial charge in [-0.25, -0.2) is 0 Å². The molecule has 1 aromatic carbocycles. The molecule has 18 heavy (non-hydrogen) atoms. The van der Waals surface area contributed by atoms with Crippen LogP contribution in [0.2, 0.25) is 0 Å². The average Bonchev–Trinajstić information content (AvgIpc) is 2.81. The maximum Gasteiger partial charge on any atom is 0.260 e. The molecule has 94 valence electrons. The summed E-state index contributed by atoms with van der Waals surface area (Å²) < 4.78 is 0. The van der Waals surface area contributed by atoms with Crippen molar-refractivity contribution in [3.63, 3.8) is 0 Å². The second-order valence-electron chi connectivity index (χ2n) is 3.79. The van der Waals surface area contributed by atoms with Crippen molar-refractivity contribution in [3.8, 4) is 0 Å². The molecule has 0 atom stereocenters. The fourth-order valence-electron chi connectivity index (χ4n) is 1.66. The van der Waals surface area contributed by atoms with Crippen LogP contribution in [0.5, 0.6) is 0 Å². The first-order chi connectivity index (χ1) is 8.63. The molecule has 0 saturated heterocycles. The highest BCUT2D eigenvalue weighted by Gasteiger charge is 2.19. The van der Waals surface area contributed by atoms with Gasteiger partial charge < -0.3 is 5.73 Å². The van der Waals surface area contributed by atoms with E-state index in [9.17, 15) is 9.59 Å². The molecule has 0 aliphatic carbocycles. The van der Waals surface area contributed by atoms with E-state index in [4.69, 9.17) is 5.73 Å². The minimum Gasteiger partial charge on any atom is -0.329 e. The number of nitrogens with zero attached hydrogens (tertiary/aromatic N) is 3. The van der Waals surface area contributed by atoms with Gasteiger partial charge >= 0.3 is 0 Å². The van der Waals surface area contributed by atoms with Crippen molar-refractivity contribution in [2.45, 2.75) is 6.92 Å². The number of carbonyl (C=O) groups excluding carboxylic acids is 2. The summed E-state index contributed by atoms with van der Waals surface area (Å²) in [6.07, 6.45) is 0. The number of imide groups is 1. The van der Waals surface area contributed by atoms with Gasteiger partial charge in [0.25, 0.3) is 5.91 Å². The smallest absolute Gasteiger partial charge is 0.260 e. The average molecular weight is 247 g/mol. The molecule has 0 spiro atoms. The Morgan fingerprint density at radius 1 is 1.33 bits per heavy atom. The van der Waals surface area contributed by atoms with Gasteiger partial charge in [-0.3, -0.25) is 14.5 Å². The van der Waals surface area contributed by atoms with Crippen molar-refractivity contribution in [2.75, 3.05) is 13.1 Å². The number of fused-ring (bicyclic) bond motifs is 1. The molecule has 0 aliphatic rings. The Kier molecular flexibility index (Phi) is 3.33. The van der Waals surface area contributed by atoms with Crippen molar-refractivity contribution < 1.29 is 9.59 Å². The highest BCUT2D eigenvalue weighted by Crippen LogP contribution is 2.12. The first-order valence-corrected chi connectivity index (χ1v) is 5.46. The number of H-pyrrole nitrogens is 1. The fraction of sp³-hybridized carbons (Fsp3) is 0.273. The zero-order valence-electron chi connectivity index (χ0n) is 9.88. The molecule has 1 aromatic heterocycles. The molecule has 2 aromatic rings. The lowest BCUT2D eigenvalue weighted by Gasteiger charge is -2.17. The molecule has 1 heterocycles. The molecule has 0 bridgehead atoms. The van der Waals surface area contributed by atoms with Crippen LogP contribution in [0.3, 0.4) is 0 Å². The van der Waals surface area contributed by atoms with E-state index in [1.165, 1.54) is 6.92 Å². The summed E-state index contributed by atoms with van der Waals surface area (Å²) in [6.45, 7) is 1.77. The lowest BCUT2D eigenvalue weighted by atomic mass is 10.1. The van der Waals surface area contributed by atoms with Crippen LogP contribution in [0.25, 0.3) is 11.0 Å². The van der Waals surface area contributed by atoms with Gasteiger partial charge in [0.2, 0.25) is 5.91 Å². The molecular weight excluding hydrogens is 234 g/mol. The summed E-state index contributed by atoms with van der Waals surface area (Å²) in [4.78, 5) is 24.6. The first kappa shape index (κ1) is 12.2. The van der Waals surface area contributed by atoms with Gasteiger partial charge in [-0.1, -0.05) is 0 Å². The quantitative estimate of drug-likeness (QED) is 0.788. The Labute approximate surface area is 103 Å². The summed E-state index contributed by atoms with van der Waals surface area (Å²) >= 11 is 0. The van der Waals surface area contributed by atoms with E-state index in [-0.39, 0.29) is 24.9 Å². The number of hydrogen-bond donors (Lipinski definition) is 2. The van der Waals surface area contributed by atoms with Gasteiger partial charge in [0, 0.05) is 25.6 Å². The zero-order chi connectivity index (χ0) is 13.1. The molecule has 0 radical (unpaired) electrons. The van der Waals surface area contributed by atoms with E-state index in [0.717, 1.165) is 4.90 Å². The maximum absolute atomic E-state index is 12.1. The van der Waals surface area contributed by atoms with Crippen LogP contribution in [0, 0.1) is 0 Å². The van der Waals surface area contributed by atoms with E-state index >= 15 is 0 Å². The van der Waals surface area contributed by atoms with Crippen LogP contribution in [-0.2, 0) is 4.79 Å². The van der Waals surface area contributed by atoms with Crippen LogP contribution < -0.4 is 5.73 Å². The number of carbonyl (C=O) groups is 2. The number of nitrogens with one attached hydrogen (secondary N) is 1. The Morgan fingerprint density at radius 3 is 2.72 bits per heavy atom. The molecule has 7 nitrogen and oxygen atoms in total. The zero-order valence-corrected chi connectivity index (χ0v) is 9.88. The van der Waals surface area contributed by atoms with E-state index in [2.05, 4.69) is 15.4 Å². The topological polar surface area (TPSA) is 105 Å². The lowest BCUT2D eigenvalue weighted by molar-refractivity contribution is -0.126. The van der Waals surface area contributed by atoms with Gasteiger partial charge in [0.15, 0.2) is 0 Å². The van der Waals surface area contributed by atoms with Crippen molar-refractivity contribution in [1.82, 2.24) is 20.3 Å². The number of rotatable bonds is 3. The van der Waals surface area contributed by atoms with Crippen molar-refractivity contribution in [1.29, 1.82) is 0 Å². The van der Waals surface area contributed by atoms with Gasteiger partial charge in [0.05, 0.1) is 0 Å². The Bertz CT molecular complexity index is 592. The summed E-state index contributed by atoms with van der Waals surface area (Å²) in [7, 11) is 0. The predicted octanol–water partition coefficient (Wildman–Crippen LogP) is -0.0947. The van der Waals surface area contributed by atoms with Gasteiger partial charge in [0.1, 0.15) is 11.0 Å². The molecule has 3 N–H and O–H groups in total. The van der Waals surface area contributed by atoms with Gasteiger partial charge in [-0.15, -0.1) is 0 Å². The third-order valence-corrected chi connectivity index (χ3v) is 2.54. The van der Waals surface area contributed by atoms with Gasteiger partial charge in [-0.05, 0) is 18.2 Å². The molecule has 2 amide bonds. The van der Waals surface area contributed by atoms with Crippen molar-refractivity contribution in [2.24, 2.45) is 5.73 Å². The minimum absolute atomic E-state index is 0.199. The van der Waals surface area contributed by atoms with Crippen molar-refractivity contribution in [3.05, 3.63) is 23.8 Å². The summed E-state index contributed by atoms with van der Waals surface area (Å²) in [6, 6.07) is 4.88. The molecule has 0 unspecified atom stereocenters. The number of aromatic nitrogens is 3. The van der Waals surface area contributed by atoms with Crippen LogP contribution in [0.15, 0.2) is 18.2 Å². The summed E-state index contributed by atoms with van der Waals surface area (Å²) in [5.74, 6) is -0.705. The Morgan fingerprint density at radius 2 is 2.06 bits per heavy atom. The van der Waals surface area contributed by atoms with Crippen LogP contribution in [-0.4, -0.2) is 45.2 Å². The normalized spacial score (nSPS) is 10.6. The number of nitrogens with two attached hydrogens (primary N) is 1. The number of amides is 2. The largest absolute Gasteiger partial charge is 0.329 e. The molecule has 0 fully saturated rings. The van der Waals surface area contributed by atoms with Crippen LogP contribution in [0.4, 0.5) is 0 Å². The monoisotopic (exact) mass is 247 g/mol. The highest BCUT2D eigenvalue weighted by molar-refractivity contribution is 6.05. The number of hydrogen-bond acceptors (Lipinski definition) is 5. The summed E-state index contributed by atoms with van der Waals surface area (Å²) in [5.41, 5.74) is 7.02. The molecule has 0 aliphatic heterocycles. The predicted molar refractivity (Wildman–Crippen MR) is 64.7 cm³/mol. The lowest BCUT2D eigenvalue weighted by Crippen LogP contribution is -2.38. The highest BCUT2D eigenvalue weighted by atomic mass is 16.2. The van der Waals surface area contributed by atoms with E-state index in [0.29, 0.717) is 16.6 Å². The SMILES string of the molecule is CC(=O)N(CCN)C(=O)c1ccc2n[nH]nc2c1.